The molecule has 0 aliphatic carbocycles. The van der Waals surface area contributed by atoms with Gasteiger partial charge in [0.25, 0.3) is 0 Å². The number of carboxylic acid groups (broad SMARTS) is 1. The molecule has 0 aliphatic rings. The van der Waals surface area contributed by atoms with Gasteiger partial charge in [0, 0.05) is 0 Å². The summed E-state index contributed by atoms with van der Waals surface area (Å²) in [6, 6.07) is 0. The Kier molecular flexibility index (Phi) is 4.89. The van der Waals surface area contributed by atoms with Gasteiger partial charge in [-0.25, -0.2) is 4.79 Å². The highest BCUT2D eigenvalue weighted by molar-refractivity contribution is 5.76. The quantitative estimate of drug-likeness (QED) is 0.783. The maximum absolute atomic E-state index is 11.9. The summed E-state index contributed by atoms with van der Waals surface area (Å²) in [6.07, 6.45) is -5.94. The zero-order valence-corrected chi connectivity index (χ0v) is 7.87. The number of hydrogen-bond acceptors (Lipinski definition) is 3. The Morgan fingerprint density at radius 1 is 1.40 bits per heavy atom. The third kappa shape index (κ3) is 6.58. The normalized spacial score (nSPS) is 10.9. The van der Waals surface area contributed by atoms with Crippen molar-refractivity contribution in [3.05, 3.63) is 0 Å². The number of hydrogen-bond donors (Lipinski definition) is 1. The fourth-order valence-corrected chi connectivity index (χ4v) is 0.779. The molecule has 0 rings (SSSR count). The molecule has 0 heterocycles. The number of rotatable bonds is 4. The lowest BCUT2D eigenvalue weighted by Gasteiger charge is -2.20. The van der Waals surface area contributed by atoms with Crippen LogP contribution in [0.2, 0.25) is 0 Å². The molecule has 0 aromatic carbocycles. The highest BCUT2D eigenvalue weighted by Crippen LogP contribution is 2.16. The lowest BCUT2D eigenvalue weighted by atomic mass is 10.5. The predicted molar refractivity (Wildman–Crippen MR) is 42.3 cm³/mol. The fourth-order valence-electron chi connectivity index (χ4n) is 0.779. The molecule has 1 amide bonds. The second-order valence-corrected chi connectivity index (χ2v) is 2.56. The number of halogens is 3. The molecule has 8 heteroatoms. The van der Waals surface area contributed by atoms with Gasteiger partial charge in [0.2, 0.25) is 0 Å². The van der Waals surface area contributed by atoms with Crippen molar-refractivity contribution in [2.45, 2.75) is 13.1 Å². The summed E-state index contributed by atoms with van der Waals surface area (Å²) in [5.41, 5.74) is 0. The molecule has 15 heavy (non-hydrogen) atoms. The number of alkyl halides is 3. The number of carbonyl (C=O) groups excluding carboxylic acids is 1. The van der Waals surface area contributed by atoms with Crippen LogP contribution in [0, 0.1) is 0 Å². The van der Waals surface area contributed by atoms with Crippen LogP contribution in [-0.2, 0) is 9.53 Å². The summed E-state index contributed by atoms with van der Waals surface area (Å²) in [7, 11) is 0. The molecule has 0 aromatic heterocycles. The Balaban J connectivity index is 4.44. The summed E-state index contributed by atoms with van der Waals surface area (Å²) < 4.78 is 40.0. The van der Waals surface area contributed by atoms with E-state index in [0.717, 1.165) is 0 Å². The Labute approximate surface area is 83.4 Å². The van der Waals surface area contributed by atoms with Gasteiger partial charge in [-0.1, -0.05) is 0 Å². The molecule has 0 aromatic rings. The fraction of sp³-hybridized carbons (Fsp3) is 0.714. The van der Waals surface area contributed by atoms with Crippen LogP contribution in [0.15, 0.2) is 0 Å². The van der Waals surface area contributed by atoms with Crippen LogP contribution in [0.4, 0.5) is 18.0 Å². The van der Waals surface area contributed by atoms with Crippen molar-refractivity contribution < 1.29 is 32.6 Å². The van der Waals surface area contributed by atoms with Gasteiger partial charge in [0.05, 0.1) is 6.61 Å². The minimum Gasteiger partial charge on any atom is -0.480 e. The van der Waals surface area contributed by atoms with Crippen LogP contribution in [0.1, 0.15) is 6.92 Å². The molecule has 0 unspecified atom stereocenters. The van der Waals surface area contributed by atoms with E-state index in [1.54, 1.807) is 0 Å². The number of nitrogens with zero attached hydrogens (tertiary/aromatic N) is 1. The highest BCUT2D eigenvalue weighted by Gasteiger charge is 2.34. The van der Waals surface area contributed by atoms with Crippen LogP contribution >= 0.6 is 0 Å². The molecule has 0 radical (unpaired) electrons. The van der Waals surface area contributed by atoms with E-state index < -0.39 is 31.3 Å². The number of ether oxygens (including phenoxy) is 1. The van der Waals surface area contributed by atoms with E-state index >= 15 is 0 Å². The van der Waals surface area contributed by atoms with Crippen LogP contribution in [0.5, 0.6) is 0 Å². The Hall–Kier alpha value is -1.47. The number of carboxylic acids is 1. The van der Waals surface area contributed by atoms with Gasteiger partial charge in [-0.15, -0.1) is 0 Å². The topological polar surface area (TPSA) is 66.8 Å². The Bertz CT molecular complexity index is 241. The van der Waals surface area contributed by atoms with Crippen LogP contribution < -0.4 is 0 Å². The second kappa shape index (κ2) is 5.42. The van der Waals surface area contributed by atoms with Crippen molar-refractivity contribution in [2.75, 3.05) is 19.7 Å². The summed E-state index contributed by atoms with van der Waals surface area (Å²) in [4.78, 5) is 21.2. The number of carbonyl (C=O) groups is 2. The standard InChI is InChI=1S/C7H10F3NO4/c1-2-15-6(14)11(3-5(12)13)4-7(8,9)10/h2-4H2,1H3,(H,12,13). The molecular formula is C7H10F3NO4. The third-order valence-corrected chi connectivity index (χ3v) is 1.22. The molecular weight excluding hydrogens is 219 g/mol. The molecule has 88 valence electrons. The summed E-state index contributed by atoms with van der Waals surface area (Å²) in [5, 5.41) is 8.28. The maximum Gasteiger partial charge on any atom is 0.410 e. The van der Waals surface area contributed by atoms with E-state index in [-0.39, 0.29) is 11.5 Å². The molecule has 0 spiro atoms. The molecule has 0 saturated carbocycles. The molecule has 1 N–H and O–H groups in total. The average molecular weight is 229 g/mol. The first kappa shape index (κ1) is 13.5. The summed E-state index contributed by atoms with van der Waals surface area (Å²) in [6.45, 7) is -1.40. The van der Waals surface area contributed by atoms with Gasteiger partial charge in [-0.2, -0.15) is 13.2 Å². The van der Waals surface area contributed by atoms with Crippen molar-refractivity contribution in [3.8, 4) is 0 Å². The molecule has 5 nitrogen and oxygen atoms in total. The first-order valence-corrected chi connectivity index (χ1v) is 3.96. The van der Waals surface area contributed by atoms with E-state index in [1.807, 2.05) is 0 Å². The van der Waals surface area contributed by atoms with Crippen LogP contribution in [0.3, 0.4) is 0 Å². The SMILES string of the molecule is CCOC(=O)N(CC(=O)O)CC(F)(F)F. The first-order chi connectivity index (χ1) is 6.76. The number of amides is 1. The summed E-state index contributed by atoms with van der Waals surface area (Å²) >= 11 is 0. The lowest BCUT2D eigenvalue weighted by molar-refractivity contribution is -0.151. The van der Waals surface area contributed by atoms with E-state index in [9.17, 15) is 22.8 Å². The zero-order valence-electron chi connectivity index (χ0n) is 7.87. The molecule has 0 bridgehead atoms. The molecule has 0 atom stereocenters. The summed E-state index contributed by atoms with van der Waals surface area (Å²) in [5.74, 6) is -1.53. The van der Waals surface area contributed by atoms with Crippen LogP contribution in [0.25, 0.3) is 0 Å². The first-order valence-electron chi connectivity index (χ1n) is 3.96. The highest BCUT2D eigenvalue weighted by atomic mass is 19.4. The maximum atomic E-state index is 11.9. The number of aliphatic carboxylic acids is 1. The van der Waals surface area contributed by atoms with Crippen LogP contribution in [-0.4, -0.2) is 47.9 Å². The molecule has 0 saturated heterocycles. The van der Waals surface area contributed by atoms with Gasteiger partial charge in [-0.05, 0) is 6.92 Å². The van der Waals surface area contributed by atoms with E-state index in [2.05, 4.69) is 4.74 Å². The smallest absolute Gasteiger partial charge is 0.410 e. The van der Waals surface area contributed by atoms with E-state index in [0.29, 0.717) is 0 Å². The minimum absolute atomic E-state index is 0.0752. The Morgan fingerprint density at radius 3 is 2.27 bits per heavy atom. The van der Waals surface area contributed by atoms with E-state index in [4.69, 9.17) is 5.11 Å². The van der Waals surface area contributed by atoms with Gasteiger partial charge >= 0.3 is 18.2 Å². The van der Waals surface area contributed by atoms with Crippen molar-refractivity contribution in [3.63, 3.8) is 0 Å². The molecule has 0 aliphatic heterocycles. The minimum atomic E-state index is -4.65. The van der Waals surface area contributed by atoms with Gasteiger partial charge in [-0.3, -0.25) is 9.69 Å². The largest absolute Gasteiger partial charge is 0.480 e. The van der Waals surface area contributed by atoms with Crippen molar-refractivity contribution >= 4 is 12.1 Å². The third-order valence-electron chi connectivity index (χ3n) is 1.22. The average Bonchev–Trinajstić information content (AvgIpc) is 1.99. The zero-order chi connectivity index (χ0) is 12.1. The van der Waals surface area contributed by atoms with E-state index in [1.165, 1.54) is 6.92 Å². The van der Waals surface area contributed by atoms with Crippen molar-refractivity contribution in [1.82, 2.24) is 4.90 Å². The Morgan fingerprint density at radius 2 is 1.93 bits per heavy atom. The second-order valence-electron chi connectivity index (χ2n) is 2.56. The van der Waals surface area contributed by atoms with Crippen molar-refractivity contribution in [1.29, 1.82) is 0 Å². The molecule has 0 fully saturated rings. The van der Waals surface area contributed by atoms with Gasteiger partial charge in [0.1, 0.15) is 13.1 Å². The predicted octanol–water partition coefficient (Wildman–Crippen LogP) is 1.09. The van der Waals surface area contributed by atoms with Gasteiger partial charge < -0.3 is 9.84 Å². The lowest BCUT2D eigenvalue weighted by Crippen LogP contribution is -2.42. The van der Waals surface area contributed by atoms with Crippen molar-refractivity contribution in [2.24, 2.45) is 0 Å². The van der Waals surface area contributed by atoms with Gasteiger partial charge in [0.15, 0.2) is 0 Å². The monoisotopic (exact) mass is 229 g/mol.